The Morgan fingerprint density at radius 2 is 1.89 bits per heavy atom. The first kappa shape index (κ1) is 16.7. The maximum absolute atomic E-state index is 10.9. The molecule has 0 fully saturated rings. The van der Waals surface area contributed by atoms with Gasteiger partial charge in [-0.2, -0.15) is 0 Å². The minimum atomic E-state index is -1.09. The number of aromatic hydroxyl groups is 1. The third-order valence-corrected chi connectivity index (χ3v) is 2.94. The van der Waals surface area contributed by atoms with Crippen molar-refractivity contribution in [3.05, 3.63) is 29.3 Å². The van der Waals surface area contributed by atoms with Crippen LogP contribution in [0.2, 0.25) is 0 Å². The van der Waals surface area contributed by atoms with Gasteiger partial charge in [0.25, 0.3) is 0 Å². The Morgan fingerprint density at radius 3 is 2.39 bits per heavy atom. The molecule has 0 unspecified atom stereocenters. The molecule has 0 aliphatic carbocycles. The number of benzene rings is 1. The first-order chi connectivity index (χ1) is 8.10. The average molecular weight is 274 g/mol. The fourth-order valence-electron chi connectivity index (χ4n) is 1.78. The van der Waals surface area contributed by atoms with Crippen molar-refractivity contribution < 1.29 is 15.0 Å². The Bertz CT molecular complexity index is 392. The highest BCUT2D eigenvalue weighted by Gasteiger charge is 2.13. The second-order valence-electron chi connectivity index (χ2n) is 3.90. The lowest BCUT2D eigenvalue weighted by Crippen LogP contribution is -2.25. The van der Waals surface area contributed by atoms with Crippen LogP contribution >= 0.6 is 12.4 Å². The molecule has 0 bridgehead atoms. The zero-order valence-electron chi connectivity index (χ0n) is 10.7. The summed E-state index contributed by atoms with van der Waals surface area (Å²) in [5.41, 5.74) is 0.666. The lowest BCUT2D eigenvalue weighted by molar-refractivity contribution is 0.0693. The van der Waals surface area contributed by atoms with E-state index in [1.165, 1.54) is 6.07 Å². The van der Waals surface area contributed by atoms with Crippen molar-refractivity contribution in [2.45, 2.75) is 20.3 Å². The summed E-state index contributed by atoms with van der Waals surface area (Å²) in [6.45, 7) is 6.89. The molecule has 5 heteroatoms. The molecule has 0 radical (unpaired) electrons. The largest absolute Gasteiger partial charge is 0.507 e. The Morgan fingerprint density at radius 1 is 1.28 bits per heavy atom. The average Bonchev–Trinajstić information content (AvgIpc) is 2.32. The molecule has 0 heterocycles. The highest BCUT2D eigenvalue weighted by Crippen LogP contribution is 2.23. The molecule has 18 heavy (non-hydrogen) atoms. The third-order valence-electron chi connectivity index (χ3n) is 2.94. The molecular formula is C13H20ClNO3. The summed E-state index contributed by atoms with van der Waals surface area (Å²) >= 11 is 0. The number of para-hydroxylation sites is 1. The van der Waals surface area contributed by atoms with E-state index in [9.17, 15) is 9.90 Å². The number of nitrogens with zero attached hydrogens (tertiary/aromatic N) is 1. The predicted molar refractivity (Wildman–Crippen MR) is 73.8 cm³/mol. The Labute approximate surface area is 114 Å². The van der Waals surface area contributed by atoms with Crippen LogP contribution < -0.4 is 0 Å². The van der Waals surface area contributed by atoms with E-state index in [1.807, 2.05) is 0 Å². The number of halogens is 1. The van der Waals surface area contributed by atoms with Gasteiger partial charge in [0.2, 0.25) is 0 Å². The van der Waals surface area contributed by atoms with E-state index in [4.69, 9.17) is 5.11 Å². The molecule has 0 amide bonds. The maximum atomic E-state index is 10.9. The van der Waals surface area contributed by atoms with Crippen molar-refractivity contribution in [1.29, 1.82) is 0 Å². The van der Waals surface area contributed by atoms with E-state index in [1.54, 1.807) is 12.1 Å². The molecule has 1 rings (SSSR count). The van der Waals surface area contributed by atoms with Gasteiger partial charge in [0.15, 0.2) is 0 Å². The number of rotatable bonds is 6. The first-order valence-corrected chi connectivity index (χ1v) is 5.86. The molecule has 2 N–H and O–H groups in total. The SMILES string of the molecule is CCN(CC)CCc1cccc(C(=O)O)c1O.Cl. The lowest BCUT2D eigenvalue weighted by atomic mass is 10.1. The zero-order chi connectivity index (χ0) is 12.8. The number of carbonyl (C=O) groups is 1. The van der Waals surface area contributed by atoms with Gasteiger partial charge in [0.1, 0.15) is 11.3 Å². The Kier molecular flexibility index (Phi) is 7.39. The Balaban J connectivity index is 0.00000289. The molecule has 0 aromatic heterocycles. The molecule has 4 nitrogen and oxygen atoms in total. The molecule has 1 aromatic rings. The van der Waals surface area contributed by atoms with E-state index in [0.29, 0.717) is 12.0 Å². The summed E-state index contributed by atoms with van der Waals surface area (Å²) in [7, 11) is 0. The van der Waals surface area contributed by atoms with Gasteiger partial charge in [-0.05, 0) is 31.1 Å². The van der Waals surface area contributed by atoms with Gasteiger partial charge >= 0.3 is 5.97 Å². The van der Waals surface area contributed by atoms with Gasteiger partial charge in [-0.15, -0.1) is 12.4 Å². The number of carboxylic acid groups (broad SMARTS) is 1. The third kappa shape index (κ3) is 4.20. The standard InChI is InChI=1S/C13H19NO3.ClH/c1-3-14(4-2)9-8-10-6-5-7-11(12(10)15)13(16)17;/h5-7,15H,3-4,8-9H2,1-2H3,(H,16,17);1H. The molecule has 0 atom stereocenters. The predicted octanol–water partition coefficient (Wildman–Crippen LogP) is 2.40. The second-order valence-corrected chi connectivity index (χ2v) is 3.90. The minimum absolute atomic E-state index is 0. The molecule has 102 valence electrons. The summed E-state index contributed by atoms with van der Waals surface area (Å²) < 4.78 is 0. The van der Waals surface area contributed by atoms with Crippen LogP contribution in [0.1, 0.15) is 29.8 Å². The van der Waals surface area contributed by atoms with Crippen LogP contribution in [0.4, 0.5) is 0 Å². The monoisotopic (exact) mass is 273 g/mol. The normalized spacial score (nSPS) is 10.2. The number of carboxylic acids is 1. The summed E-state index contributed by atoms with van der Waals surface area (Å²) in [5.74, 6) is -1.20. The van der Waals surface area contributed by atoms with Crippen LogP contribution in [-0.4, -0.2) is 40.7 Å². The highest BCUT2D eigenvalue weighted by molar-refractivity contribution is 5.91. The molecule has 0 aliphatic heterocycles. The van der Waals surface area contributed by atoms with Gasteiger partial charge in [0, 0.05) is 6.54 Å². The van der Waals surface area contributed by atoms with Gasteiger partial charge in [-0.1, -0.05) is 26.0 Å². The summed E-state index contributed by atoms with van der Waals surface area (Å²) in [5, 5.41) is 18.7. The fourth-order valence-corrected chi connectivity index (χ4v) is 1.78. The minimum Gasteiger partial charge on any atom is -0.507 e. The van der Waals surface area contributed by atoms with Gasteiger partial charge < -0.3 is 15.1 Å². The van der Waals surface area contributed by atoms with Crippen molar-refractivity contribution >= 4 is 18.4 Å². The molecule has 0 saturated heterocycles. The Hall–Kier alpha value is -1.26. The van der Waals surface area contributed by atoms with Crippen LogP contribution in [0, 0.1) is 0 Å². The van der Waals surface area contributed by atoms with Crippen LogP contribution in [0.3, 0.4) is 0 Å². The molecular weight excluding hydrogens is 254 g/mol. The number of likely N-dealkylation sites (N-methyl/N-ethyl adjacent to an activating group) is 1. The van der Waals surface area contributed by atoms with E-state index < -0.39 is 5.97 Å². The molecule has 1 aromatic carbocycles. The van der Waals surface area contributed by atoms with Crippen molar-refractivity contribution in [1.82, 2.24) is 4.90 Å². The first-order valence-electron chi connectivity index (χ1n) is 5.86. The number of hydrogen-bond acceptors (Lipinski definition) is 3. The lowest BCUT2D eigenvalue weighted by Gasteiger charge is -2.18. The van der Waals surface area contributed by atoms with Crippen LogP contribution in [-0.2, 0) is 6.42 Å². The smallest absolute Gasteiger partial charge is 0.339 e. The highest BCUT2D eigenvalue weighted by atomic mass is 35.5. The molecule has 0 spiro atoms. The topological polar surface area (TPSA) is 60.8 Å². The van der Waals surface area contributed by atoms with Crippen LogP contribution in [0.15, 0.2) is 18.2 Å². The number of hydrogen-bond donors (Lipinski definition) is 2. The molecule has 0 saturated carbocycles. The zero-order valence-corrected chi connectivity index (χ0v) is 11.5. The van der Waals surface area contributed by atoms with Crippen molar-refractivity contribution in [2.24, 2.45) is 0 Å². The summed E-state index contributed by atoms with van der Waals surface area (Å²) in [6.07, 6.45) is 0.661. The van der Waals surface area contributed by atoms with Gasteiger partial charge in [-0.3, -0.25) is 0 Å². The fraction of sp³-hybridized carbons (Fsp3) is 0.462. The molecule has 0 aliphatic rings. The van der Waals surface area contributed by atoms with Crippen molar-refractivity contribution in [3.8, 4) is 5.75 Å². The quantitative estimate of drug-likeness (QED) is 0.836. The summed E-state index contributed by atoms with van der Waals surface area (Å²) in [4.78, 5) is 13.1. The number of phenols is 1. The van der Waals surface area contributed by atoms with Crippen LogP contribution in [0.5, 0.6) is 5.75 Å². The van der Waals surface area contributed by atoms with Crippen LogP contribution in [0.25, 0.3) is 0 Å². The van der Waals surface area contributed by atoms with E-state index in [2.05, 4.69) is 18.7 Å². The summed E-state index contributed by atoms with van der Waals surface area (Å²) in [6, 6.07) is 4.85. The van der Waals surface area contributed by atoms with Gasteiger partial charge in [-0.25, -0.2) is 4.79 Å². The van der Waals surface area contributed by atoms with E-state index in [-0.39, 0.29) is 23.7 Å². The van der Waals surface area contributed by atoms with Crippen molar-refractivity contribution in [3.63, 3.8) is 0 Å². The maximum Gasteiger partial charge on any atom is 0.339 e. The van der Waals surface area contributed by atoms with E-state index in [0.717, 1.165) is 19.6 Å². The number of aromatic carboxylic acids is 1. The van der Waals surface area contributed by atoms with E-state index >= 15 is 0 Å². The second kappa shape index (κ2) is 7.95. The van der Waals surface area contributed by atoms with Crippen molar-refractivity contribution in [2.75, 3.05) is 19.6 Å². The van der Waals surface area contributed by atoms with Gasteiger partial charge in [0.05, 0.1) is 0 Å².